The molecule has 0 aliphatic carbocycles. The van der Waals surface area contributed by atoms with E-state index in [-0.39, 0.29) is 5.91 Å². The van der Waals surface area contributed by atoms with Gasteiger partial charge in [0.25, 0.3) is 0 Å². The molecule has 1 amide bonds. The van der Waals surface area contributed by atoms with Crippen molar-refractivity contribution in [3.63, 3.8) is 0 Å². The van der Waals surface area contributed by atoms with E-state index >= 15 is 0 Å². The van der Waals surface area contributed by atoms with Crippen molar-refractivity contribution in [2.45, 2.75) is 13.3 Å². The molecule has 1 aliphatic heterocycles. The number of amides is 1. The molecule has 28 heavy (non-hydrogen) atoms. The fourth-order valence-electron chi connectivity index (χ4n) is 3.57. The number of nitrogens with one attached hydrogen (secondary N) is 5. The zero-order chi connectivity index (χ0) is 20.3. The third-order valence-electron chi connectivity index (χ3n) is 5.13. The van der Waals surface area contributed by atoms with Crippen molar-refractivity contribution >= 4 is 34.3 Å². The van der Waals surface area contributed by atoms with Crippen LogP contribution in [0.15, 0.2) is 41.9 Å². The first-order chi connectivity index (χ1) is 13.5. The zero-order valence-corrected chi connectivity index (χ0v) is 16.4. The second-order valence-corrected chi connectivity index (χ2v) is 6.77. The van der Waals surface area contributed by atoms with Crippen LogP contribution in [0, 0.1) is 10.8 Å². The van der Waals surface area contributed by atoms with Gasteiger partial charge in [0.2, 0.25) is 5.91 Å². The Hall–Kier alpha value is -3.35. The van der Waals surface area contributed by atoms with Crippen molar-refractivity contribution in [1.29, 1.82) is 10.8 Å². The normalized spacial score (nSPS) is 15.0. The van der Waals surface area contributed by atoms with Gasteiger partial charge in [0.1, 0.15) is 0 Å². The molecule has 0 saturated carbocycles. The molecule has 146 valence electrons. The van der Waals surface area contributed by atoms with Crippen molar-refractivity contribution in [3.05, 3.63) is 53.0 Å². The number of carbonyl (C=O) groups excluding carboxylic acids is 1. The van der Waals surface area contributed by atoms with Crippen LogP contribution in [0.1, 0.15) is 24.5 Å². The van der Waals surface area contributed by atoms with Crippen LogP contribution < -0.4 is 10.6 Å². The van der Waals surface area contributed by atoms with Crippen molar-refractivity contribution in [2.24, 2.45) is 0 Å². The fraction of sp³-hybridized carbons (Fsp3) is 0.286. The van der Waals surface area contributed by atoms with Crippen molar-refractivity contribution in [3.8, 4) is 0 Å². The summed E-state index contributed by atoms with van der Waals surface area (Å²) in [6.07, 6.45) is 5.64. The Bertz CT molecular complexity index is 997. The molecule has 0 spiro atoms. The molecule has 7 nitrogen and oxygen atoms in total. The van der Waals surface area contributed by atoms with Gasteiger partial charge in [-0.05, 0) is 17.7 Å². The number of benzene rings is 1. The largest absolute Gasteiger partial charge is 0.393 e. The average molecular weight is 378 g/mol. The lowest BCUT2D eigenvalue weighted by Gasteiger charge is -2.30. The van der Waals surface area contributed by atoms with Gasteiger partial charge >= 0.3 is 0 Å². The van der Waals surface area contributed by atoms with Crippen LogP contribution in [0.4, 0.5) is 0 Å². The first-order valence-corrected chi connectivity index (χ1v) is 9.24. The molecule has 5 N–H and O–H groups in total. The summed E-state index contributed by atoms with van der Waals surface area (Å²) in [4.78, 5) is 16.9. The highest BCUT2D eigenvalue weighted by atomic mass is 16.2. The van der Waals surface area contributed by atoms with Gasteiger partial charge in [-0.25, -0.2) is 0 Å². The molecule has 0 unspecified atom stereocenters. The number of nitrogens with zero attached hydrogens (tertiary/aromatic N) is 1. The molecule has 2 aromatic rings. The summed E-state index contributed by atoms with van der Waals surface area (Å²) < 4.78 is 0. The maximum absolute atomic E-state index is 11.8. The molecule has 0 radical (unpaired) electrons. The molecular weight excluding hydrogens is 352 g/mol. The topological polar surface area (TPSA) is 108 Å². The number of aromatic amines is 1. The summed E-state index contributed by atoms with van der Waals surface area (Å²) in [7, 11) is 3.66. The van der Waals surface area contributed by atoms with Gasteiger partial charge in [0.05, 0.1) is 5.71 Å². The molecule has 3 rings (SSSR count). The first kappa shape index (κ1) is 19.4. The van der Waals surface area contributed by atoms with E-state index in [0.717, 1.165) is 38.9 Å². The monoisotopic (exact) mass is 378 g/mol. The Morgan fingerprint density at radius 2 is 2.11 bits per heavy atom. The van der Waals surface area contributed by atoms with E-state index in [4.69, 9.17) is 10.8 Å². The van der Waals surface area contributed by atoms with Crippen LogP contribution in [0.5, 0.6) is 0 Å². The Labute approximate surface area is 164 Å². The fourth-order valence-corrected chi connectivity index (χ4v) is 3.57. The van der Waals surface area contributed by atoms with Gasteiger partial charge in [-0.2, -0.15) is 0 Å². The molecule has 1 aromatic carbocycles. The Morgan fingerprint density at radius 3 is 2.75 bits per heavy atom. The predicted molar refractivity (Wildman–Crippen MR) is 114 cm³/mol. The van der Waals surface area contributed by atoms with Gasteiger partial charge in [0.15, 0.2) is 0 Å². The number of hydrogen-bond donors (Lipinski definition) is 5. The molecule has 0 saturated heterocycles. The summed E-state index contributed by atoms with van der Waals surface area (Å²) in [6, 6.07) is 5.91. The lowest BCUT2D eigenvalue weighted by molar-refractivity contribution is -0.128. The minimum Gasteiger partial charge on any atom is -0.393 e. The van der Waals surface area contributed by atoms with Gasteiger partial charge < -0.3 is 25.9 Å². The van der Waals surface area contributed by atoms with Crippen LogP contribution in [-0.2, 0) is 4.79 Å². The quantitative estimate of drug-likeness (QED) is 0.498. The maximum Gasteiger partial charge on any atom is 0.219 e. The highest BCUT2D eigenvalue weighted by Crippen LogP contribution is 2.27. The highest BCUT2D eigenvalue weighted by Gasteiger charge is 2.24. The van der Waals surface area contributed by atoms with E-state index in [1.54, 1.807) is 25.1 Å². The van der Waals surface area contributed by atoms with Gasteiger partial charge in [-0.1, -0.05) is 6.07 Å². The molecule has 7 heteroatoms. The van der Waals surface area contributed by atoms with Crippen LogP contribution in [0.3, 0.4) is 0 Å². The number of fused-ring (bicyclic) bond motifs is 1. The molecule has 0 atom stereocenters. The molecule has 0 fully saturated rings. The number of H-pyrrole nitrogens is 1. The van der Waals surface area contributed by atoms with Gasteiger partial charge in [0, 0.05) is 92.5 Å². The van der Waals surface area contributed by atoms with Crippen LogP contribution in [-0.4, -0.2) is 54.9 Å². The minimum absolute atomic E-state index is 0.0227. The van der Waals surface area contributed by atoms with Crippen LogP contribution >= 0.6 is 0 Å². The maximum atomic E-state index is 11.8. The standard InChI is InChI=1S/C21H26N6O/c1-13(28)27-7-6-19(25-3)18(12-27)21(23)17-11-26-20-5-4-14(8-16(17)20)15(9-22)10-24-2/h4-5,8-11,22-26H,6-7,12H2,1-3H3/b15-10+,22-9?,23-21?. The number of carbonyl (C=O) groups is 1. The Morgan fingerprint density at radius 1 is 1.32 bits per heavy atom. The summed E-state index contributed by atoms with van der Waals surface area (Å²) in [6.45, 7) is 2.66. The molecule has 1 aromatic heterocycles. The summed E-state index contributed by atoms with van der Waals surface area (Å²) in [5.74, 6) is 0.0227. The zero-order valence-electron chi connectivity index (χ0n) is 16.4. The molecular formula is C21H26N6O. The van der Waals surface area contributed by atoms with Crippen molar-refractivity contribution in [1.82, 2.24) is 20.5 Å². The second-order valence-electron chi connectivity index (χ2n) is 6.77. The number of rotatable bonds is 6. The average Bonchev–Trinajstić information content (AvgIpc) is 3.14. The van der Waals surface area contributed by atoms with Gasteiger partial charge in [-0.15, -0.1) is 0 Å². The van der Waals surface area contributed by atoms with Crippen LogP contribution in [0.25, 0.3) is 16.5 Å². The highest BCUT2D eigenvalue weighted by molar-refractivity contribution is 6.19. The van der Waals surface area contributed by atoms with E-state index in [0.29, 0.717) is 25.2 Å². The van der Waals surface area contributed by atoms with E-state index in [1.807, 2.05) is 31.4 Å². The van der Waals surface area contributed by atoms with Crippen LogP contribution in [0.2, 0.25) is 0 Å². The lowest BCUT2D eigenvalue weighted by Crippen LogP contribution is -2.39. The summed E-state index contributed by atoms with van der Waals surface area (Å²) in [5, 5.41) is 23.6. The number of aromatic nitrogens is 1. The first-order valence-electron chi connectivity index (χ1n) is 9.24. The van der Waals surface area contributed by atoms with E-state index in [9.17, 15) is 4.79 Å². The van der Waals surface area contributed by atoms with Crippen molar-refractivity contribution < 1.29 is 4.79 Å². The van der Waals surface area contributed by atoms with Gasteiger partial charge in [-0.3, -0.25) is 10.2 Å². The molecule has 0 bridgehead atoms. The SMILES string of the molecule is CN/C=C(\C=N)c1ccc2[nH]cc(C(=N)C3=C(NC)CCN(C(C)=O)C3)c2c1. The summed E-state index contributed by atoms with van der Waals surface area (Å²) >= 11 is 0. The molecule has 1 aliphatic rings. The predicted octanol–water partition coefficient (Wildman–Crippen LogP) is 2.47. The van der Waals surface area contributed by atoms with E-state index < -0.39 is 0 Å². The number of allylic oxidation sites excluding steroid dienone is 1. The Kier molecular flexibility index (Phi) is 5.63. The van der Waals surface area contributed by atoms with E-state index in [2.05, 4.69) is 15.6 Å². The Balaban J connectivity index is 2.06. The lowest BCUT2D eigenvalue weighted by atomic mass is 9.94. The smallest absolute Gasteiger partial charge is 0.219 e. The summed E-state index contributed by atoms with van der Waals surface area (Å²) in [5.41, 5.74) is 5.65. The van der Waals surface area contributed by atoms with E-state index in [1.165, 1.54) is 6.21 Å². The third-order valence-corrected chi connectivity index (χ3v) is 5.13. The second kappa shape index (κ2) is 8.12. The minimum atomic E-state index is 0.0227. The molecule has 2 heterocycles. The van der Waals surface area contributed by atoms with Crippen molar-refractivity contribution in [2.75, 3.05) is 27.2 Å². The number of hydrogen-bond acceptors (Lipinski definition) is 5. The third kappa shape index (κ3) is 3.55.